The number of ether oxygens (including phenoxy) is 1. The molecular formula is C16H16ClIO. The smallest absolute Gasteiger partial charge is 0.119 e. The van der Waals surface area contributed by atoms with Crippen molar-refractivity contribution >= 4 is 34.2 Å². The van der Waals surface area contributed by atoms with Gasteiger partial charge in [-0.3, -0.25) is 0 Å². The van der Waals surface area contributed by atoms with E-state index in [1.54, 1.807) is 0 Å². The number of halogens is 2. The van der Waals surface area contributed by atoms with E-state index in [9.17, 15) is 0 Å². The minimum absolute atomic E-state index is 0.205. The minimum atomic E-state index is 0.205. The first-order valence-corrected chi connectivity index (χ1v) is 7.70. The van der Waals surface area contributed by atoms with Crippen LogP contribution in [0.1, 0.15) is 25.0 Å². The third kappa shape index (κ3) is 4.39. The third-order valence-electron chi connectivity index (χ3n) is 2.70. The second-order valence-electron chi connectivity index (χ2n) is 4.72. The first kappa shape index (κ1) is 14.7. The van der Waals surface area contributed by atoms with Crippen LogP contribution in [-0.4, -0.2) is 6.10 Å². The summed E-state index contributed by atoms with van der Waals surface area (Å²) in [6.07, 6.45) is 1.05. The minimum Gasteiger partial charge on any atom is -0.491 e. The van der Waals surface area contributed by atoms with Gasteiger partial charge in [0.25, 0.3) is 0 Å². The van der Waals surface area contributed by atoms with E-state index in [2.05, 4.69) is 40.8 Å². The lowest BCUT2D eigenvalue weighted by Gasteiger charge is -2.10. The topological polar surface area (TPSA) is 9.23 Å². The highest BCUT2D eigenvalue weighted by atomic mass is 127. The van der Waals surface area contributed by atoms with Gasteiger partial charge in [-0.05, 0) is 84.3 Å². The van der Waals surface area contributed by atoms with Crippen molar-refractivity contribution in [2.24, 2.45) is 0 Å². The third-order valence-corrected chi connectivity index (χ3v) is 3.74. The zero-order valence-corrected chi connectivity index (χ0v) is 13.9. The van der Waals surface area contributed by atoms with E-state index >= 15 is 0 Å². The molecule has 1 nitrogen and oxygen atoms in total. The molecule has 0 radical (unpaired) electrons. The van der Waals surface area contributed by atoms with Gasteiger partial charge in [0, 0.05) is 8.59 Å². The molecule has 0 aliphatic heterocycles. The Morgan fingerprint density at radius 3 is 2.42 bits per heavy atom. The predicted molar refractivity (Wildman–Crippen MR) is 89.2 cm³/mol. The van der Waals surface area contributed by atoms with E-state index in [4.69, 9.17) is 16.3 Å². The van der Waals surface area contributed by atoms with Crippen molar-refractivity contribution < 1.29 is 4.74 Å². The van der Waals surface area contributed by atoms with Gasteiger partial charge in [0.05, 0.1) is 6.10 Å². The largest absolute Gasteiger partial charge is 0.491 e. The Kier molecular flexibility index (Phi) is 5.11. The van der Waals surface area contributed by atoms with Crippen LogP contribution in [0.4, 0.5) is 0 Å². The van der Waals surface area contributed by atoms with Gasteiger partial charge < -0.3 is 4.74 Å². The van der Waals surface area contributed by atoms with Gasteiger partial charge in [0.2, 0.25) is 0 Å². The summed E-state index contributed by atoms with van der Waals surface area (Å²) in [5.41, 5.74) is 2.39. The fraction of sp³-hybridized carbons (Fsp3) is 0.250. The molecule has 0 aliphatic rings. The Morgan fingerprint density at radius 2 is 1.79 bits per heavy atom. The first-order valence-electron chi connectivity index (χ1n) is 6.24. The van der Waals surface area contributed by atoms with Gasteiger partial charge >= 0.3 is 0 Å². The van der Waals surface area contributed by atoms with Crippen LogP contribution in [0, 0.1) is 3.57 Å². The Hall–Kier alpha value is -0.740. The van der Waals surface area contributed by atoms with Crippen molar-refractivity contribution in [1.82, 2.24) is 0 Å². The van der Waals surface area contributed by atoms with Crippen LogP contribution in [0.2, 0.25) is 5.02 Å². The average Bonchev–Trinajstić information content (AvgIpc) is 2.35. The van der Waals surface area contributed by atoms with Crippen LogP contribution < -0.4 is 4.74 Å². The van der Waals surface area contributed by atoms with Gasteiger partial charge in [0.15, 0.2) is 0 Å². The van der Waals surface area contributed by atoms with Crippen molar-refractivity contribution in [3.63, 3.8) is 0 Å². The molecule has 2 aromatic rings. The number of hydrogen-bond acceptors (Lipinski definition) is 1. The number of benzene rings is 2. The normalized spacial score (nSPS) is 10.8. The molecule has 0 unspecified atom stereocenters. The van der Waals surface area contributed by atoms with E-state index in [1.807, 2.05) is 38.1 Å². The molecule has 2 rings (SSSR count). The molecule has 0 aliphatic carbocycles. The summed E-state index contributed by atoms with van der Waals surface area (Å²) in [4.78, 5) is 0. The SMILES string of the molecule is CC(C)Oc1ccc(Cc2cc(I)ccc2Cl)cc1. The van der Waals surface area contributed by atoms with Gasteiger partial charge in [-0.15, -0.1) is 0 Å². The van der Waals surface area contributed by atoms with E-state index in [0.29, 0.717) is 0 Å². The summed E-state index contributed by atoms with van der Waals surface area (Å²) < 4.78 is 6.84. The molecule has 0 atom stereocenters. The maximum atomic E-state index is 6.22. The summed E-state index contributed by atoms with van der Waals surface area (Å²) >= 11 is 8.52. The van der Waals surface area contributed by atoms with Crippen LogP contribution in [0.5, 0.6) is 5.75 Å². The van der Waals surface area contributed by atoms with E-state index in [1.165, 1.54) is 9.13 Å². The van der Waals surface area contributed by atoms with Crippen molar-refractivity contribution in [2.45, 2.75) is 26.4 Å². The average molecular weight is 387 g/mol. The van der Waals surface area contributed by atoms with Crippen molar-refractivity contribution in [1.29, 1.82) is 0 Å². The van der Waals surface area contributed by atoms with Crippen molar-refractivity contribution in [3.8, 4) is 5.75 Å². The van der Waals surface area contributed by atoms with Gasteiger partial charge in [-0.2, -0.15) is 0 Å². The molecular weight excluding hydrogens is 371 g/mol. The molecule has 0 fully saturated rings. The monoisotopic (exact) mass is 386 g/mol. The van der Waals surface area contributed by atoms with Crippen LogP contribution in [0.3, 0.4) is 0 Å². The molecule has 0 bridgehead atoms. The highest BCUT2D eigenvalue weighted by Gasteiger charge is 2.04. The maximum Gasteiger partial charge on any atom is 0.119 e. The van der Waals surface area contributed by atoms with Crippen LogP contribution in [0.25, 0.3) is 0 Å². The summed E-state index contributed by atoms with van der Waals surface area (Å²) in [5.74, 6) is 0.910. The second-order valence-corrected chi connectivity index (χ2v) is 6.38. The summed E-state index contributed by atoms with van der Waals surface area (Å²) in [7, 11) is 0. The zero-order chi connectivity index (χ0) is 13.8. The first-order chi connectivity index (χ1) is 9.04. The summed E-state index contributed by atoms with van der Waals surface area (Å²) in [6, 6.07) is 14.3. The predicted octanol–water partition coefficient (Wildman–Crippen LogP) is 5.32. The number of hydrogen-bond donors (Lipinski definition) is 0. The molecule has 0 aromatic heterocycles. The zero-order valence-electron chi connectivity index (χ0n) is 11.0. The molecule has 19 heavy (non-hydrogen) atoms. The summed E-state index contributed by atoms with van der Waals surface area (Å²) in [5, 5.41) is 0.822. The number of rotatable bonds is 4. The standard InChI is InChI=1S/C16H16ClIO/c1-11(2)19-15-6-3-12(4-7-15)9-13-10-14(18)5-8-16(13)17/h3-8,10-11H,9H2,1-2H3. The highest BCUT2D eigenvalue weighted by Crippen LogP contribution is 2.23. The second kappa shape index (κ2) is 6.62. The molecule has 100 valence electrons. The lowest BCUT2D eigenvalue weighted by atomic mass is 10.1. The van der Waals surface area contributed by atoms with E-state index in [-0.39, 0.29) is 6.10 Å². The van der Waals surface area contributed by atoms with Gasteiger partial charge in [0.1, 0.15) is 5.75 Å². The van der Waals surface area contributed by atoms with E-state index in [0.717, 1.165) is 22.8 Å². The molecule has 2 aromatic carbocycles. The van der Waals surface area contributed by atoms with Gasteiger partial charge in [-0.25, -0.2) is 0 Å². The Bertz CT molecular complexity index is 549. The molecule has 0 heterocycles. The van der Waals surface area contributed by atoms with E-state index < -0.39 is 0 Å². The molecule has 3 heteroatoms. The molecule has 0 saturated heterocycles. The van der Waals surface area contributed by atoms with Gasteiger partial charge in [-0.1, -0.05) is 23.7 Å². The van der Waals surface area contributed by atoms with Crippen LogP contribution in [-0.2, 0) is 6.42 Å². The fourth-order valence-electron chi connectivity index (χ4n) is 1.86. The molecule has 0 saturated carbocycles. The van der Waals surface area contributed by atoms with Crippen molar-refractivity contribution in [3.05, 3.63) is 62.2 Å². The lowest BCUT2D eigenvalue weighted by Crippen LogP contribution is -2.05. The Labute approximate surface area is 133 Å². The van der Waals surface area contributed by atoms with Crippen LogP contribution in [0.15, 0.2) is 42.5 Å². The molecule has 0 amide bonds. The highest BCUT2D eigenvalue weighted by molar-refractivity contribution is 14.1. The lowest BCUT2D eigenvalue weighted by molar-refractivity contribution is 0.242. The Morgan fingerprint density at radius 1 is 1.11 bits per heavy atom. The molecule has 0 N–H and O–H groups in total. The Balaban J connectivity index is 2.13. The quantitative estimate of drug-likeness (QED) is 0.646. The van der Waals surface area contributed by atoms with Crippen molar-refractivity contribution in [2.75, 3.05) is 0 Å². The summed E-state index contributed by atoms with van der Waals surface area (Å²) in [6.45, 7) is 4.05. The van der Waals surface area contributed by atoms with Crippen LogP contribution >= 0.6 is 34.2 Å². The molecule has 0 spiro atoms. The fourth-order valence-corrected chi connectivity index (χ4v) is 2.60. The maximum absolute atomic E-state index is 6.22.